The Bertz CT molecular complexity index is 811. The fourth-order valence-corrected chi connectivity index (χ4v) is 4.08. The molecule has 4 nitrogen and oxygen atoms in total. The summed E-state index contributed by atoms with van der Waals surface area (Å²) in [5.74, 6) is 0.217. The number of nitrogens with zero attached hydrogens (tertiary/aromatic N) is 2. The van der Waals surface area contributed by atoms with E-state index in [9.17, 15) is 4.79 Å². The van der Waals surface area contributed by atoms with E-state index in [0.717, 1.165) is 35.0 Å². The summed E-state index contributed by atoms with van der Waals surface area (Å²) >= 11 is 1.63. The summed E-state index contributed by atoms with van der Waals surface area (Å²) in [7, 11) is 0. The number of thiazole rings is 1. The van der Waals surface area contributed by atoms with Crippen molar-refractivity contribution in [3.05, 3.63) is 29.1 Å². The van der Waals surface area contributed by atoms with Crippen LogP contribution in [0.3, 0.4) is 0 Å². The summed E-state index contributed by atoms with van der Waals surface area (Å²) in [6, 6.07) is 6.35. The summed E-state index contributed by atoms with van der Waals surface area (Å²) < 4.78 is 0. The number of rotatable bonds is 3. The van der Waals surface area contributed by atoms with Crippen molar-refractivity contribution in [2.24, 2.45) is 5.41 Å². The van der Waals surface area contributed by atoms with Gasteiger partial charge in [-0.25, -0.2) is 4.98 Å². The summed E-state index contributed by atoms with van der Waals surface area (Å²) in [5, 5.41) is 6.45. The number of benzene rings is 1. The molecule has 1 aromatic carbocycles. The molecule has 1 aromatic heterocycles. The summed E-state index contributed by atoms with van der Waals surface area (Å²) in [6.45, 7) is 13.5. The van der Waals surface area contributed by atoms with E-state index >= 15 is 0 Å². The number of anilines is 2. The van der Waals surface area contributed by atoms with Crippen molar-refractivity contribution in [2.75, 3.05) is 16.8 Å². The Morgan fingerprint density at radius 2 is 1.96 bits per heavy atom. The maximum absolute atomic E-state index is 12.6. The molecule has 2 aromatic rings. The molecule has 0 atom stereocenters. The smallest absolute Gasteiger partial charge is 0.227 e. The zero-order valence-electron chi connectivity index (χ0n) is 16.6. The molecular formula is C21H29N3OS. The van der Waals surface area contributed by atoms with Gasteiger partial charge in [-0.15, -0.1) is 11.3 Å². The minimum Gasteiger partial charge on any atom is -0.357 e. The molecule has 26 heavy (non-hydrogen) atoms. The van der Waals surface area contributed by atoms with Crippen LogP contribution in [0.1, 0.15) is 53.5 Å². The van der Waals surface area contributed by atoms with Crippen LogP contribution in [0.4, 0.5) is 10.8 Å². The Labute approximate surface area is 160 Å². The first-order valence-electron chi connectivity index (χ1n) is 9.19. The van der Waals surface area contributed by atoms with Gasteiger partial charge in [-0.1, -0.05) is 26.8 Å². The van der Waals surface area contributed by atoms with Gasteiger partial charge in [0, 0.05) is 35.1 Å². The first kappa shape index (κ1) is 18.9. The van der Waals surface area contributed by atoms with Crippen LogP contribution >= 0.6 is 11.3 Å². The molecule has 0 saturated heterocycles. The summed E-state index contributed by atoms with van der Waals surface area (Å²) in [6.07, 6.45) is 1.48. The zero-order valence-corrected chi connectivity index (χ0v) is 17.5. The van der Waals surface area contributed by atoms with Crippen molar-refractivity contribution in [2.45, 2.75) is 59.9 Å². The molecule has 2 heterocycles. The van der Waals surface area contributed by atoms with Crippen molar-refractivity contribution < 1.29 is 4.79 Å². The molecule has 140 valence electrons. The van der Waals surface area contributed by atoms with Gasteiger partial charge in [-0.2, -0.15) is 0 Å². The van der Waals surface area contributed by atoms with E-state index in [1.165, 1.54) is 5.56 Å². The van der Waals surface area contributed by atoms with Gasteiger partial charge in [0.15, 0.2) is 5.13 Å². The van der Waals surface area contributed by atoms with Crippen molar-refractivity contribution >= 4 is 28.1 Å². The Morgan fingerprint density at radius 3 is 2.62 bits per heavy atom. The number of amides is 1. The van der Waals surface area contributed by atoms with Crippen molar-refractivity contribution in [1.82, 2.24) is 4.98 Å². The lowest BCUT2D eigenvalue weighted by Crippen LogP contribution is -2.31. The van der Waals surface area contributed by atoms with Crippen LogP contribution in [-0.4, -0.2) is 23.0 Å². The van der Waals surface area contributed by atoms with E-state index in [0.29, 0.717) is 6.42 Å². The molecular weight excluding hydrogens is 342 g/mol. The van der Waals surface area contributed by atoms with Gasteiger partial charge in [0.2, 0.25) is 5.91 Å². The first-order valence-corrected chi connectivity index (χ1v) is 10.1. The van der Waals surface area contributed by atoms with Crippen molar-refractivity contribution in [3.63, 3.8) is 0 Å². The molecule has 0 spiro atoms. The van der Waals surface area contributed by atoms with E-state index in [1.54, 1.807) is 11.3 Å². The zero-order chi connectivity index (χ0) is 19.1. The molecule has 1 amide bonds. The Morgan fingerprint density at radius 1 is 1.23 bits per heavy atom. The van der Waals surface area contributed by atoms with Gasteiger partial charge in [0.1, 0.15) is 0 Å². The molecule has 0 aliphatic carbocycles. The molecule has 0 fully saturated rings. The fraction of sp³-hybridized carbons (Fsp3) is 0.524. The Kier molecular flexibility index (Phi) is 4.86. The molecule has 1 N–H and O–H groups in total. The topological polar surface area (TPSA) is 45.2 Å². The van der Waals surface area contributed by atoms with Crippen LogP contribution in [-0.2, 0) is 11.2 Å². The highest BCUT2D eigenvalue weighted by molar-refractivity contribution is 7.14. The van der Waals surface area contributed by atoms with Crippen LogP contribution in [0.25, 0.3) is 11.3 Å². The second-order valence-electron chi connectivity index (χ2n) is 9.29. The highest BCUT2D eigenvalue weighted by atomic mass is 32.1. The predicted octanol–water partition coefficient (Wildman–Crippen LogP) is 5.35. The highest BCUT2D eigenvalue weighted by Crippen LogP contribution is 2.35. The number of fused-ring (bicyclic) bond motifs is 1. The van der Waals surface area contributed by atoms with Crippen LogP contribution in [0.5, 0.6) is 0 Å². The van der Waals surface area contributed by atoms with Crippen LogP contribution in [0, 0.1) is 5.41 Å². The van der Waals surface area contributed by atoms with Crippen LogP contribution < -0.4 is 10.2 Å². The maximum Gasteiger partial charge on any atom is 0.227 e. The number of aromatic nitrogens is 1. The summed E-state index contributed by atoms with van der Waals surface area (Å²) in [4.78, 5) is 19.3. The third-order valence-electron chi connectivity index (χ3n) is 4.24. The third-order valence-corrected chi connectivity index (χ3v) is 5.00. The SMILES string of the molecule is CC(C)(C)CC(=O)N1CCc2cc(-c3csc(NC(C)(C)C)n3)ccc21. The number of hydrogen-bond donors (Lipinski definition) is 1. The molecule has 1 aliphatic heterocycles. The van der Waals surface area contributed by atoms with Crippen molar-refractivity contribution in [3.8, 4) is 11.3 Å². The second-order valence-corrected chi connectivity index (χ2v) is 10.1. The largest absolute Gasteiger partial charge is 0.357 e. The normalized spacial score (nSPS) is 14.5. The standard InChI is InChI=1S/C21H29N3OS/c1-20(2,3)12-18(25)24-10-9-15-11-14(7-8-17(15)24)16-13-26-19(22-16)23-21(4,5)6/h7-8,11,13H,9-10,12H2,1-6H3,(H,22,23). The van der Waals surface area contributed by atoms with Gasteiger partial charge >= 0.3 is 0 Å². The molecule has 0 radical (unpaired) electrons. The fourth-order valence-electron chi connectivity index (χ4n) is 3.15. The minimum absolute atomic E-state index is 0.000968. The number of carbonyl (C=O) groups is 1. The minimum atomic E-state index is 0.000968. The number of hydrogen-bond acceptors (Lipinski definition) is 4. The average molecular weight is 372 g/mol. The van der Waals surface area contributed by atoms with Gasteiger partial charge in [0.05, 0.1) is 5.69 Å². The molecule has 0 bridgehead atoms. The van der Waals surface area contributed by atoms with E-state index in [4.69, 9.17) is 4.98 Å². The number of carbonyl (C=O) groups excluding carboxylic acids is 1. The van der Waals surface area contributed by atoms with Gasteiger partial charge < -0.3 is 10.2 Å². The monoisotopic (exact) mass is 371 g/mol. The van der Waals surface area contributed by atoms with E-state index < -0.39 is 0 Å². The van der Waals surface area contributed by atoms with Crippen molar-refractivity contribution in [1.29, 1.82) is 0 Å². The van der Waals surface area contributed by atoms with Gasteiger partial charge in [0.25, 0.3) is 0 Å². The van der Waals surface area contributed by atoms with Crippen LogP contribution in [0.2, 0.25) is 0 Å². The van der Waals surface area contributed by atoms with E-state index in [-0.39, 0.29) is 16.9 Å². The molecule has 3 rings (SSSR count). The lowest BCUT2D eigenvalue weighted by Gasteiger charge is -2.23. The highest BCUT2D eigenvalue weighted by Gasteiger charge is 2.28. The van der Waals surface area contributed by atoms with Gasteiger partial charge in [-0.05, 0) is 50.3 Å². The quantitative estimate of drug-likeness (QED) is 0.791. The maximum atomic E-state index is 12.6. The van der Waals surface area contributed by atoms with E-state index in [1.807, 2.05) is 4.90 Å². The second kappa shape index (κ2) is 6.69. The molecule has 0 unspecified atom stereocenters. The van der Waals surface area contributed by atoms with E-state index in [2.05, 4.69) is 70.4 Å². The predicted molar refractivity (Wildman–Crippen MR) is 111 cm³/mol. The average Bonchev–Trinajstić information content (AvgIpc) is 3.09. The van der Waals surface area contributed by atoms with Crippen LogP contribution in [0.15, 0.2) is 23.6 Å². The van der Waals surface area contributed by atoms with Gasteiger partial charge in [-0.3, -0.25) is 4.79 Å². The lowest BCUT2D eigenvalue weighted by molar-refractivity contribution is -0.120. The summed E-state index contributed by atoms with van der Waals surface area (Å²) in [5.41, 5.74) is 4.42. The first-order chi connectivity index (χ1) is 12.0. The Balaban J connectivity index is 1.79. The third kappa shape index (κ3) is 4.44. The lowest BCUT2D eigenvalue weighted by atomic mass is 9.91. The molecule has 0 saturated carbocycles. The molecule has 5 heteroatoms. The Hall–Kier alpha value is -1.88. The molecule has 1 aliphatic rings. The number of nitrogens with one attached hydrogen (secondary N) is 1.